The van der Waals surface area contributed by atoms with E-state index in [1.54, 1.807) is 0 Å². The van der Waals surface area contributed by atoms with Crippen LogP contribution in [0.2, 0.25) is 0 Å². The molecule has 0 aromatic heterocycles. The molecule has 4 nitrogen and oxygen atoms in total. The quantitative estimate of drug-likeness (QED) is 0.705. The number of aliphatic hydroxyl groups excluding tert-OH is 1. The van der Waals surface area contributed by atoms with Crippen LogP contribution in [-0.2, 0) is 4.79 Å². The molecule has 1 rings (SSSR count). The standard InChI is InChI=1S/C16H32N2O2/c1-5-6-7-8-9-15(20)18-11-13(10-14(18)12-19)17-16(2,3)4/h13-14,17,19H,5-12H2,1-4H3. The van der Waals surface area contributed by atoms with E-state index in [9.17, 15) is 9.90 Å². The summed E-state index contributed by atoms with van der Waals surface area (Å²) < 4.78 is 0. The summed E-state index contributed by atoms with van der Waals surface area (Å²) in [6.07, 6.45) is 5.97. The normalized spacial score (nSPS) is 23.4. The van der Waals surface area contributed by atoms with Gasteiger partial charge in [-0.1, -0.05) is 26.2 Å². The Morgan fingerprint density at radius 2 is 2.00 bits per heavy atom. The van der Waals surface area contributed by atoms with Gasteiger partial charge < -0.3 is 15.3 Å². The molecule has 0 bridgehead atoms. The SMILES string of the molecule is CCCCCCC(=O)N1CC(NC(C)(C)C)CC1CO. The second kappa shape index (κ2) is 7.99. The van der Waals surface area contributed by atoms with E-state index >= 15 is 0 Å². The number of hydrogen-bond acceptors (Lipinski definition) is 3. The molecule has 0 radical (unpaired) electrons. The van der Waals surface area contributed by atoms with Crippen molar-refractivity contribution in [1.29, 1.82) is 0 Å². The second-order valence-electron chi connectivity index (χ2n) is 7.02. The van der Waals surface area contributed by atoms with Crippen LogP contribution in [0.5, 0.6) is 0 Å². The molecule has 1 heterocycles. The van der Waals surface area contributed by atoms with Gasteiger partial charge in [-0.25, -0.2) is 0 Å². The monoisotopic (exact) mass is 284 g/mol. The van der Waals surface area contributed by atoms with Crippen LogP contribution < -0.4 is 5.32 Å². The number of unbranched alkanes of at least 4 members (excludes halogenated alkanes) is 3. The van der Waals surface area contributed by atoms with Crippen LogP contribution in [0.1, 0.15) is 66.2 Å². The highest BCUT2D eigenvalue weighted by molar-refractivity contribution is 5.77. The molecule has 118 valence electrons. The lowest BCUT2D eigenvalue weighted by Crippen LogP contribution is -2.45. The maximum Gasteiger partial charge on any atom is 0.222 e. The largest absolute Gasteiger partial charge is 0.394 e. The Labute approximate surface area is 123 Å². The molecule has 0 aromatic rings. The van der Waals surface area contributed by atoms with Gasteiger partial charge in [-0.3, -0.25) is 4.79 Å². The minimum atomic E-state index is -0.00600. The number of aliphatic hydroxyl groups is 1. The van der Waals surface area contributed by atoms with Gasteiger partial charge in [0.1, 0.15) is 0 Å². The smallest absolute Gasteiger partial charge is 0.222 e. The summed E-state index contributed by atoms with van der Waals surface area (Å²) in [7, 11) is 0. The third-order valence-corrected chi connectivity index (χ3v) is 3.83. The van der Waals surface area contributed by atoms with Crippen molar-refractivity contribution < 1.29 is 9.90 Å². The van der Waals surface area contributed by atoms with Crippen LogP contribution >= 0.6 is 0 Å². The molecule has 20 heavy (non-hydrogen) atoms. The highest BCUT2D eigenvalue weighted by Gasteiger charge is 2.35. The Morgan fingerprint density at radius 1 is 1.30 bits per heavy atom. The van der Waals surface area contributed by atoms with Gasteiger partial charge in [0.15, 0.2) is 0 Å². The van der Waals surface area contributed by atoms with Gasteiger partial charge in [0.25, 0.3) is 0 Å². The van der Waals surface area contributed by atoms with Crippen LogP contribution in [0, 0.1) is 0 Å². The molecule has 0 aliphatic carbocycles. The van der Waals surface area contributed by atoms with Gasteiger partial charge >= 0.3 is 0 Å². The summed E-state index contributed by atoms with van der Waals surface area (Å²) in [4.78, 5) is 14.2. The Morgan fingerprint density at radius 3 is 2.55 bits per heavy atom. The summed E-state index contributed by atoms with van der Waals surface area (Å²) >= 11 is 0. The van der Waals surface area contributed by atoms with E-state index in [2.05, 4.69) is 33.0 Å². The van der Waals surface area contributed by atoms with Gasteiger partial charge in [0.2, 0.25) is 5.91 Å². The molecule has 0 aromatic carbocycles. The highest BCUT2D eigenvalue weighted by atomic mass is 16.3. The zero-order valence-corrected chi connectivity index (χ0v) is 13.6. The predicted molar refractivity (Wildman–Crippen MR) is 82.6 cm³/mol. The van der Waals surface area contributed by atoms with Gasteiger partial charge in [-0.15, -0.1) is 0 Å². The second-order valence-corrected chi connectivity index (χ2v) is 7.02. The molecule has 1 amide bonds. The number of carbonyl (C=O) groups excluding carboxylic acids is 1. The predicted octanol–water partition coefficient (Wildman–Crippen LogP) is 2.31. The summed E-state index contributed by atoms with van der Waals surface area (Å²) in [5, 5.41) is 13.0. The number of likely N-dealkylation sites (tertiary alicyclic amines) is 1. The van der Waals surface area contributed by atoms with Crippen LogP contribution in [0.15, 0.2) is 0 Å². The zero-order valence-electron chi connectivity index (χ0n) is 13.6. The first-order valence-corrected chi connectivity index (χ1v) is 8.05. The number of carbonyl (C=O) groups is 1. The molecule has 1 aliphatic heterocycles. The van der Waals surface area contributed by atoms with Crippen molar-refractivity contribution in [3.63, 3.8) is 0 Å². The molecular weight excluding hydrogens is 252 g/mol. The maximum absolute atomic E-state index is 12.3. The summed E-state index contributed by atoms with van der Waals surface area (Å²) in [6.45, 7) is 9.38. The van der Waals surface area contributed by atoms with E-state index in [-0.39, 0.29) is 24.1 Å². The van der Waals surface area contributed by atoms with E-state index in [0.717, 1.165) is 25.8 Å². The van der Waals surface area contributed by atoms with Gasteiger partial charge in [-0.05, 0) is 33.6 Å². The molecule has 0 saturated carbocycles. The van der Waals surface area contributed by atoms with E-state index in [1.807, 2.05) is 4.90 Å². The Hall–Kier alpha value is -0.610. The van der Waals surface area contributed by atoms with Gasteiger partial charge in [0, 0.05) is 24.5 Å². The van der Waals surface area contributed by atoms with E-state index in [0.29, 0.717) is 12.5 Å². The first-order chi connectivity index (χ1) is 9.37. The highest BCUT2D eigenvalue weighted by Crippen LogP contribution is 2.21. The fraction of sp³-hybridized carbons (Fsp3) is 0.938. The molecule has 2 atom stereocenters. The Bertz CT molecular complexity index is 299. The lowest BCUT2D eigenvalue weighted by atomic mass is 10.1. The van der Waals surface area contributed by atoms with E-state index in [4.69, 9.17) is 0 Å². The van der Waals surface area contributed by atoms with Crippen molar-refractivity contribution in [2.45, 2.75) is 83.8 Å². The molecular formula is C16H32N2O2. The van der Waals surface area contributed by atoms with Crippen LogP contribution in [-0.4, -0.2) is 46.7 Å². The van der Waals surface area contributed by atoms with Crippen molar-refractivity contribution >= 4 is 5.91 Å². The topological polar surface area (TPSA) is 52.6 Å². The number of rotatable bonds is 7. The molecule has 1 aliphatic rings. The zero-order chi connectivity index (χ0) is 15.2. The molecule has 2 N–H and O–H groups in total. The fourth-order valence-corrected chi connectivity index (χ4v) is 2.96. The van der Waals surface area contributed by atoms with Crippen LogP contribution in [0.25, 0.3) is 0 Å². The lowest BCUT2D eigenvalue weighted by Gasteiger charge is -2.26. The molecule has 1 fully saturated rings. The third kappa shape index (κ3) is 5.80. The van der Waals surface area contributed by atoms with E-state index < -0.39 is 0 Å². The fourth-order valence-electron chi connectivity index (χ4n) is 2.96. The Kier molecular flexibility index (Phi) is 6.96. The number of hydrogen-bond donors (Lipinski definition) is 2. The molecule has 1 saturated heterocycles. The number of nitrogens with zero attached hydrogens (tertiary/aromatic N) is 1. The first-order valence-electron chi connectivity index (χ1n) is 8.05. The molecule has 2 unspecified atom stereocenters. The Balaban J connectivity index is 2.45. The van der Waals surface area contributed by atoms with Crippen LogP contribution in [0.3, 0.4) is 0 Å². The average molecular weight is 284 g/mol. The van der Waals surface area contributed by atoms with Gasteiger partial charge in [0.05, 0.1) is 12.6 Å². The van der Waals surface area contributed by atoms with Crippen molar-refractivity contribution in [3.05, 3.63) is 0 Å². The first kappa shape index (κ1) is 17.4. The minimum Gasteiger partial charge on any atom is -0.394 e. The minimum absolute atomic E-state index is 0.00600. The van der Waals surface area contributed by atoms with Crippen molar-refractivity contribution in [2.75, 3.05) is 13.2 Å². The van der Waals surface area contributed by atoms with Crippen molar-refractivity contribution in [3.8, 4) is 0 Å². The summed E-state index contributed by atoms with van der Waals surface area (Å²) in [6, 6.07) is 0.292. The van der Waals surface area contributed by atoms with E-state index in [1.165, 1.54) is 12.8 Å². The number of amides is 1. The number of nitrogens with one attached hydrogen (secondary N) is 1. The lowest BCUT2D eigenvalue weighted by molar-refractivity contribution is -0.132. The summed E-state index contributed by atoms with van der Waals surface area (Å²) in [5.74, 6) is 0.207. The van der Waals surface area contributed by atoms with Gasteiger partial charge in [-0.2, -0.15) is 0 Å². The average Bonchev–Trinajstić information content (AvgIpc) is 2.75. The third-order valence-electron chi connectivity index (χ3n) is 3.83. The molecule has 0 spiro atoms. The van der Waals surface area contributed by atoms with Crippen molar-refractivity contribution in [2.24, 2.45) is 0 Å². The molecule has 4 heteroatoms. The van der Waals surface area contributed by atoms with Crippen LogP contribution in [0.4, 0.5) is 0 Å². The van der Waals surface area contributed by atoms with Crippen molar-refractivity contribution in [1.82, 2.24) is 10.2 Å². The maximum atomic E-state index is 12.3. The summed E-state index contributed by atoms with van der Waals surface area (Å²) in [5.41, 5.74) is 0.0465.